The third-order valence-electron chi connectivity index (χ3n) is 5.34. The van der Waals surface area contributed by atoms with Gasteiger partial charge in [-0.25, -0.2) is 4.79 Å². The molecule has 0 bridgehead atoms. The SMILES string of the molecule is CCOc1cc(C=CC(=O)OCC(=O)c2ccccc2)ccc1OCc1ccc(C(C)(C)C)cc1. The van der Waals surface area contributed by atoms with Gasteiger partial charge in [-0.1, -0.05) is 81.4 Å². The highest BCUT2D eigenvalue weighted by molar-refractivity contribution is 5.98. The van der Waals surface area contributed by atoms with Crippen LogP contribution in [0.15, 0.2) is 78.9 Å². The van der Waals surface area contributed by atoms with Gasteiger partial charge in [-0.2, -0.15) is 0 Å². The topological polar surface area (TPSA) is 61.8 Å². The molecule has 0 aliphatic rings. The van der Waals surface area contributed by atoms with Crippen LogP contribution in [0.2, 0.25) is 0 Å². The van der Waals surface area contributed by atoms with Crippen LogP contribution in [0.1, 0.15) is 54.7 Å². The molecule has 0 unspecified atom stereocenters. The summed E-state index contributed by atoms with van der Waals surface area (Å²) in [5.74, 6) is 0.375. The molecule has 0 amide bonds. The maximum absolute atomic E-state index is 12.1. The van der Waals surface area contributed by atoms with E-state index in [1.807, 2.05) is 25.1 Å². The van der Waals surface area contributed by atoms with Crippen molar-refractivity contribution in [2.75, 3.05) is 13.2 Å². The van der Waals surface area contributed by atoms with E-state index in [4.69, 9.17) is 14.2 Å². The highest BCUT2D eigenvalue weighted by Crippen LogP contribution is 2.30. The quantitative estimate of drug-likeness (QED) is 0.194. The molecule has 3 aromatic rings. The predicted molar refractivity (Wildman–Crippen MR) is 138 cm³/mol. The molecule has 3 aromatic carbocycles. The lowest BCUT2D eigenvalue weighted by atomic mass is 9.87. The summed E-state index contributed by atoms with van der Waals surface area (Å²) in [6.45, 7) is 9.06. The molecule has 0 spiro atoms. The molecule has 0 N–H and O–H groups in total. The van der Waals surface area contributed by atoms with Crippen molar-refractivity contribution >= 4 is 17.8 Å². The zero-order valence-electron chi connectivity index (χ0n) is 20.7. The number of carbonyl (C=O) groups excluding carboxylic acids is 2. The Bertz CT molecular complexity index is 1160. The van der Waals surface area contributed by atoms with Crippen molar-refractivity contribution in [3.05, 3.63) is 101 Å². The van der Waals surface area contributed by atoms with Gasteiger partial charge in [0.2, 0.25) is 0 Å². The number of benzene rings is 3. The fourth-order valence-corrected chi connectivity index (χ4v) is 3.33. The van der Waals surface area contributed by atoms with Crippen molar-refractivity contribution in [3.63, 3.8) is 0 Å². The molecule has 0 radical (unpaired) electrons. The Morgan fingerprint density at radius 1 is 0.857 bits per heavy atom. The summed E-state index contributed by atoms with van der Waals surface area (Å²) in [5, 5.41) is 0. The fourth-order valence-electron chi connectivity index (χ4n) is 3.33. The van der Waals surface area contributed by atoms with Gasteiger partial charge in [0.25, 0.3) is 0 Å². The molecule has 5 heteroatoms. The molecule has 0 saturated carbocycles. The number of hydrogen-bond donors (Lipinski definition) is 0. The lowest BCUT2D eigenvalue weighted by Gasteiger charge is -2.19. The first kappa shape index (κ1) is 25.8. The number of ketones is 1. The van der Waals surface area contributed by atoms with Crippen LogP contribution in [0.4, 0.5) is 0 Å². The summed E-state index contributed by atoms with van der Waals surface area (Å²) in [4.78, 5) is 24.1. The third kappa shape index (κ3) is 7.85. The molecule has 182 valence electrons. The summed E-state index contributed by atoms with van der Waals surface area (Å²) >= 11 is 0. The number of carbonyl (C=O) groups is 2. The van der Waals surface area contributed by atoms with Gasteiger partial charge in [-0.3, -0.25) is 4.79 Å². The van der Waals surface area contributed by atoms with Crippen LogP contribution in [0.25, 0.3) is 6.08 Å². The molecule has 0 aromatic heterocycles. The minimum Gasteiger partial charge on any atom is -0.490 e. The zero-order valence-corrected chi connectivity index (χ0v) is 20.7. The summed E-state index contributed by atoms with van der Waals surface area (Å²) in [5.41, 5.74) is 3.70. The molecule has 0 saturated heterocycles. The van der Waals surface area contributed by atoms with Gasteiger partial charge in [-0.15, -0.1) is 0 Å². The molecule has 0 fully saturated rings. The van der Waals surface area contributed by atoms with Gasteiger partial charge in [-0.05, 0) is 47.2 Å². The molecular weight excluding hydrogens is 440 g/mol. The van der Waals surface area contributed by atoms with Gasteiger partial charge in [0.1, 0.15) is 6.61 Å². The number of ether oxygens (including phenoxy) is 3. The molecular formula is C30H32O5. The Balaban J connectivity index is 1.59. The molecule has 0 atom stereocenters. The summed E-state index contributed by atoms with van der Waals surface area (Å²) in [7, 11) is 0. The molecule has 0 heterocycles. The summed E-state index contributed by atoms with van der Waals surface area (Å²) in [6, 6.07) is 22.6. The van der Waals surface area contributed by atoms with E-state index in [0.717, 1.165) is 11.1 Å². The number of Topliss-reactive ketones (excluding diaryl/α,β-unsaturated/α-hetero) is 1. The number of esters is 1. The Labute approximate surface area is 207 Å². The van der Waals surface area contributed by atoms with E-state index in [0.29, 0.717) is 30.3 Å². The largest absolute Gasteiger partial charge is 0.490 e. The second-order valence-electron chi connectivity index (χ2n) is 9.11. The van der Waals surface area contributed by atoms with Crippen LogP contribution >= 0.6 is 0 Å². The van der Waals surface area contributed by atoms with Crippen molar-refractivity contribution < 1.29 is 23.8 Å². The minimum atomic E-state index is -0.591. The van der Waals surface area contributed by atoms with Gasteiger partial charge in [0.05, 0.1) is 6.61 Å². The van der Waals surface area contributed by atoms with Crippen molar-refractivity contribution in [2.24, 2.45) is 0 Å². The summed E-state index contributed by atoms with van der Waals surface area (Å²) < 4.78 is 16.8. The highest BCUT2D eigenvalue weighted by atomic mass is 16.5. The van der Waals surface area contributed by atoms with E-state index in [1.165, 1.54) is 11.6 Å². The number of rotatable bonds is 10. The maximum Gasteiger partial charge on any atom is 0.331 e. The van der Waals surface area contributed by atoms with Crippen molar-refractivity contribution in [3.8, 4) is 11.5 Å². The van der Waals surface area contributed by atoms with Crippen LogP contribution in [0, 0.1) is 0 Å². The van der Waals surface area contributed by atoms with Crippen LogP contribution in [0.5, 0.6) is 11.5 Å². The van der Waals surface area contributed by atoms with Gasteiger partial charge >= 0.3 is 5.97 Å². The lowest BCUT2D eigenvalue weighted by molar-refractivity contribution is -0.136. The van der Waals surface area contributed by atoms with Crippen LogP contribution in [-0.4, -0.2) is 25.0 Å². The van der Waals surface area contributed by atoms with Crippen molar-refractivity contribution in [1.82, 2.24) is 0 Å². The smallest absolute Gasteiger partial charge is 0.331 e. The van der Waals surface area contributed by atoms with Gasteiger partial charge in [0.15, 0.2) is 23.9 Å². The Morgan fingerprint density at radius 2 is 1.57 bits per heavy atom. The maximum atomic E-state index is 12.1. The second-order valence-corrected chi connectivity index (χ2v) is 9.11. The van der Waals surface area contributed by atoms with E-state index in [9.17, 15) is 9.59 Å². The van der Waals surface area contributed by atoms with Gasteiger partial charge in [0, 0.05) is 11.6 Å². The van der Waals surface area contributed by atoms with Crippen LogP contribution in [-0.2, 0) is 21.6 Å². The van der Waals surface area contributed by atoms with E-state index < -0.39 is 5.97 Å². The molecule has 5 nitrogen and oxygen atoms in total. The Hall–Kier alpha value is -3.86. The average molecular weight is 473 g/mol. The monoisotopic (exact) mass is 472 g/mol. The molecule has 0 aliphatic carbocycles. The van der Waals surface area contributed by atoms with Crippen LogP contribution in [0.3, 0.4) is 0 Å². The van der Waals surface area contributed by atoms with E-state index in [2.05, 4.69) is 45.0 Å². The van der Waals surface area contributed by atoms with E-state index in [1.54, 1.807) is 36.4 Å². The van der Waals surface area contributed by atoms with Crippen molar-refractivity contribution in [1.29, 1.82) is 0 Å². The Kier molecular flexibility index (Phi) is 8.85. The predicted octanol–water partition coefficient (Wildman–Crippen LogP) is 6.40. The third-order valence-corrected chi connectivity index (χ3v) is 5.34. The lowest BCUT2D eigenvalue weighted by Crippen LogP contribution is -2.12. The highest BCUT2D eigenvalue weighted by Gasteiger charge is 2.13. The standard InChI is InChI=1S/C30H32O5/c1-5-33-28-19-22(14-18-29(32)35-21-26(31)24-9-7-6-8-10-24)13-17-27(28)34-20-23-11-15-25(16-12-23)30(2,3)4/h6-19H,5,20-21H2,1-4H3. The van der Waals surface area contributed by atoms with E-state index >= 15 is 0 Å². The average Bonchev–Trinajstić information content (AvgIpc) is 2.86. The zero-order chi connectivity index (χ0) is 25.3. The first-order chi connectivity index (χ1) is 16.8. The number of hydrogen-bond acceptors (Lipinski definition) is 5. The first-order valence-electron chi connectivity index (χ1n) is 11.7. The molecule has 0 aliphatic heterocycles. The minimum absolute atomic E-state index is 0.106. The molecule has 35 heavy (non-hydrogen) atoms. The fraction of sp³-hybridized carbons (Fsp3) is 0.267. The first-order valence-corrected chi connectivity index (χ1v) is 11.7. The summed E-state index contributed by atoms with van der Waals surface area (Å²) in [6.07, 6.45) is 2.91. The van der Waals surface area contributed by atoms with Gasteiger partial charge < -0.3 is 14.2 Å². The second kappa shape index (κ2) is 12.0. The Morgan fingerprint density at radius 3 is 2.23 bits per heavy atom. The van der Waals surface area contributed by atoms with Crippen molar-refractivity contribution in [2.45, 2.75) is 39.7 Å². The normalized spacial score (nSPS) is 11.3. The van der Waals surface area contributed by atoms with E-state index in [-0.39, 0.29) is 17.8 Å². The van der Waals surface area contributed by atoms with Crippen LogP contribution < -0.4 is 9.47 Å². The molecule has 3 rings (SSSR count).